The van der Waals surface area contributed by atoms with Crippen LogP contribution >= 0.6 is 11.6 Å². The highest BCUT2D eigenvalue weighted by atomic mass is 35.5. The summed E-state index contributed by atoms with van der Waals surface area (Å²) in [4.78, 5) is 17.3. The SMILES string of the molecule is CN(C)/C(=C1\C(=O)N(c2cccc(Cl)c2)c2ccccc21)c1ccccc1. The standard InChI is InChI=1S/C23H19ClN2O/c1-25(2)22(16-9-4-3-5-10-16)21-19-13-6-7-14-20(19)26(23(21)27)18-12-8-11-17(24)15-18/h3-15H,1-2H3/b22-21-. The van der Waals surface area contributed by atoms with Gasteiger partial charge in [0.1, 0.15) is 0 Å². The van der Waals surface area contributed by atoms with Gasteiger partial charge < -0.3 is 4.90 Å². The van der Waals surface area contributed by atoms with Gasteiger partial charge in [0, 0.05) is 24.7 Å². The molecular formula is C23H19ClN2O. The van der Waals surface area contributed by atoms with E-state index in [9.17, 15) is 4.79 Å². The third kappa shape index (κ3) is 3.00. The molecule has 1 aliphatic heterocycles. The largest absolute Gasteiger partial charge is 0.377 e. The van der Waals surface area contributed by atoms with Crippen LogP contribution in [-0.4, -0.2) is 24.9 Å². The number of hydrogen-bond acceptors (Lipinski definition) is 2. The molecule has 0 N–H and O–H groups in total. The van der Waals surface area contributed by atoms with E-state index in [-0.39, 0.29) is 5.91 Å². The molecule has 0 unspecified atom stereocenters. The normalized spacial score (nSPS) is 14.9. The number of amides is 1. The van der Waals surface area contributed by atoms with E-state index in [1.54, 1.807) is 4.90 Å². The Morgan fingerprint density at radius 1 is 0.889 bits per heavy atom. The van der Waals surface area contributed by atoms with Gasteiger partial charge in [-0.25, -0.2) is 0 Å². The molecule has 0 bridgehead atoms. The number of carbonyl (C=O) groups is 1. The molecule has 0 aromatic heterocycles. The first-order valence-electron chi connectivity index (χ1n) is 8.74. The summed E-state index contributed by atoms with van der Waals surface area (Å²) >= 11 is 6.19. The maximum absolute atomic E-state index is 13.6. The number of benzene rings is 3. The van der Waals surface area contributed by atoms with E-state index in [2.05, 4.69) is 0 Å². The Labute approximate surface area is 164 Å². The fraction of sp³-hybridized carbons (Fsp3) is 0.0870. The summed E-state index contributed by atoms with van der Waals surface area (Å²) in [6, 6.07) is 25.3. The van der Waals surface area contributed by atoms with Crippen molar-refractivity contribution in [2.24, 2.45) is 0 Å². The van der Waals surface area contributed by atoms with Gasteiger partial charge in [0.15, 0.2) is 0 Å². The summed E-state index contributed by atoms with van der Waals surface area (Å²) in [7, 11) is 3.93. The first-order chi connectivity index (χ1) is 13.1. The van der Waals surface area contributed by atoms with E-state index in [1.807, 2.05) is 97.9 Å². The second-order valence-electron chi connectivity index (χ2n) is 6.62. The van der Waals surface area contributed by atoms with Crippen molar-refractivity contribution in [2.45, 2.75) is 0 Å². The first kappa shape index (κ1) is 17.4. The lowest BCUT2D eigenvalue weighted by Crippen LogP contribution is -2.23. The molecule has 4 heteroatoms. The van der Waals surface area contributed by atoms with Crippen LogP contribution in [0.5, 0.6) is 0 Å². The third-order valence-electron chi connectivity index (χ3n) is 4.63. The van der Waals surface area contributed by atoms with Gasteiger partial charge in [0.25, 0.3) is 5.91 Å². The van der Waals surface area contributed by atoms with Crippen LogP contribution < -0.4 is 4.90 Å². The second-order valence-corrected chi connectivity index (χ2v) is 7.06. The molecule has 0 saturated carbocycles. The molecule has 0 aliphatic carbocycles. The summed E-state index contributed by atoms with van der Waals surface area (Å²) < 4.78 is 0. The van der Waals surface area contributed by atoms with Crippen LogP contribution in [0.25, 0.3) is 11.3 Å². The number of rotatable bonds is 3. The number of anilines is 2. The van der Waals surface area contributed by atoms with Gasteiger partial charge in [-0.05, 0) is 29.8 Å². The summed E-state index contributed by atoms with van der Waals surface area (Å²) in [6.07, 6.45) is 0. The number of nitrogens with zero attached hydrogens (tertiary/aromatic N) is 2. The fourth-order valence-corrected chi connectivity index (χ4v) is 3.72. The molecule has 0 fully saturated rings. The number of halogens is 1. The quantitative estimate of drug-likeness (QED) is 0.569. The van der Waals surface area contributed by atoms with Gasteiger partial charge in [0.05, 0.1) is 22.6 Å². The fourth-order valence-electron chi connectivity index (χ4n) is 3.54. The van der Waals surface area contributed by atoms with Crippen LogP contribution in [0, 0.1) is 0 Å². The highest BCUT2D eigenvalue weighted by Gasteiger charge is 2.36. The number of fused-ring (bicyclic) bond motifs is 1. The highest BCUT2D eigenvalue weighted by Crippen LogP contribution is 2.45. The van der Waals surface area contributed by atoms with Crippen LogP contribution in [0.4, 0.5) is 11.4 Å². The zero-order valence-electron chi connectivity index (χ0n) is 15.2. The van der Waals surface area contributed by atoms with Crippen LogP contribution in [0.3, 0.4) is 0 Å². The molecule has 1 amide bonds. The predicted molar refractivity (Wildman–Crippen MR) is 112 cm³/mol. The van der Waals surface area contributed by atoms with Gasteiger partial charge in [0.2, 0.25) is 0 Å². The van der Waals surface area contributed by atoms with Crippen molar-refractivity contribution >= 4 is 40.2 Å². The van der Waals surface area contributed by atoms with E-state index in [0.717, 1.165) is 28.2 Å². The number of carbonyl (C=O) groups excluding carboxylic acids is 1. The minimum Gasteiger partial charge on any atom is -0.377 e. The van der Waals surface area contributed by atoms with Crippen LogP contribution in [0.1, 0.15) is 11.1 Å². The molecule has 0 radical (unpaired) electrons. The number of hydrogen-bond donors (Lipinski definition) is 0. The summed E-state index contributed by atoms with van der Waals surface area (Å²) in [6.45, 7) is 0. The van der Waals surface area contributed by atoms with Gasteiger partial charge in [-0.2, -0.15) is 0 Å². The van der Waals surface area contributed by atoms with Crippen molar-refractivity contribution in [3.05, 3.63) is 95.0 Å². The molecule has 0 spiro atoms. The monoisotopic (exact) mass is 374 g/mol. The van der Waals surface area contributed by atoms with Crippen molar-refractivity contribution in [1.29, 1.82) is 0 Å². The van der Waals surface area contributed by atoms with Gasteiger partial charge >= 0.3 is 0 Å². The summed E-state index contributed by atoms with van der Waals surface area (Å²) in [5, 5.41) is 0.603. The minimum atomic E-state index is -0.0500. The Morgan fingerprint density at radius 2 is 1.59 bits per heavy atom. The highest BCUT2D eigenvalue weighted by molar-refractivity contribution is 6.39. The van der Waals surface area contributed by atoms with Crippen LogP contribution in [-0.2, 0) is 4.79 Å². The average molecular weight is 375 g/mol. The zero-order chi connectivity index (χ0) is 19.0. The van der Waals surface area contributed by atoms with Gasteiger partial charge in [-0.1, -0.05) is 66.2 Å². The Bertz CT molecular complexity index is 1040. The molecule has 0 saturated heterocycles. The van der Waals surface area contributed by atoms with E-state index >= 15 is 0 Å². The van der Waals surface area contributed by atoms with Crippen molar-refractivity contribution in [1.82, 2.24) is 4.90 Å². The van der Waals surface area contributed by atoms with Crippen molar-refractivity contribution in [3.8, 4) is 0 Å². The van der Waals surface area contributed by atoms with E-state index in [1.165, 1.54) is 0 Å². The maximum atomic E-state index is 13.6. The Hall–Kier alpha value is -3.04. The molecule has 1 heterocycles. The van der Waals surface area contributed by atoms with Crippen molar-refractivity contribution < 1.29 is 4.79 Å². The van der Waals surface area contributed by atoms with E-state index in [4.69, 9.17) is 11.6 Å². The molecule has 27 heavy (non-hydrogen) atoms. The molecule has 3 aromatic rings. The van der Waals surface area contributed by atoms with Crippen molar-refractivity contribution in [3.63, 3.8) is 0 Å². The molecule has 1 aliphatic rings. The molecular weight excluding hydrogens is 356 g/mol. The Kier molecular flexibility index (Phi) is 4.46. The Balaban J connectivity index is 1.99. The number of para-hydroxylation sites is 1. The lowest BCUT2D eigenvalue weighted by Gasteiger charge is -2.21. The first-order valence-corrected chi connectivity index (χ1v) is 9.12. The molecule has 0 atom stereocenters. The zero-order valence-corrected chi connectivity index (χ0v) is 15.9. The van der Waals surface area contributed by atoms with Crippen molar-refractivity contribution in [2.75, 3.05) is 19.0 Å². The van der Waals surface area contributed by atoms with E-state index < -0.39 is 0 Å². The van der Waals surface area contributed by atoms with Crippen LogP contribution in [0.2, 0.25) is 5.02 Å². The van der Waals surface area contributed by atoms with Gasteiger partial charge in [-0.3, -0.25) is 9.69 Å². The molecule has 3 nitrogen and oxygen atoms in total. The molecule has 134 valence electrons. The van der Waals surface area contributed by atoms with Crippen LogP contribution in [0.15, 0.2) is 78.9 Å². The topological polar surface area (TPSA) is 23.6 Å². The maximum Gasteiger partial charge on any atom is 0.265 e. The predicted octanol–water partition coefficient (Wildman–Crippen LogP) is 5.45. The minimum absolute atomic E-state index is 0.0500. The second kappa shape index (κ2) is 6.93. The summed E-state index contributed by atoms with van der Waals surface area (Å²) in [5.74, 6) is -0.0500. The third-order valence-corrected chi connectivity index (χ3v) is 4.86. The van der Waals surface area contributed by atoms with E-state index in [0.29, 0.717) is 10.6 Å². The Morgan fingerprint density at radius 3 is 2.30 bits per heavy atom. The van der Waals surface area contributed by atoms with Gasteiger partial charge in [-0.15, -0.1) is 0 Å². The lowest BCUT2D eigenvalue weighted by atomic mass is 10.00. The smallest absolute Gasteiger partial charge is 0.265 e. The summed E-state index contributed by atoms with van der Waals surface area (Å²) in [5.41, 5.74) is 5.17. The molecule has 3 aromatic carbocycles. The average Bonchev–Trinajstić information content (AvgIpc) is 2.95. The molecule has 4 rings (SSSR count). The lowest BCUT2D eigenvalue weighted by molar-refractivity contribution is -0.112.